The Morgan fingerprint density at radius 2 is 1.97 bits per heavy atom. The molecule has 0 spiro atoms. The Hall–Kier alpha value is -2.58. The molecule has 5 rings (SSSR count). The molecule has 3 aromatic rings. The molecule has 31 heavy (non-hydrogen) atoms. The van der Waals surface area contributed by atoms with E-state index in [1.807, 2.05) is 12.1 Å². The molecule has 7 nitrogen and oxygen atoms in total. The molecule has 2 unspecified atom stereocenters. The third kappa shape index (κ3) is 4.27. The maximum absolute atomic E-state index is 13.2. The number of imidazole rings is 1. The van der Waals surface area contributed by atoms with Crippen LogP contribution in [0.2, 0.25) is 0 Å². The molecule has 2 aliphatic heterocycles. The van der Waals surface area contributed by atoms with Gasteiger partial charge in [0.25, 0.3) is 5.56 Å². The van der Waals surface area contributed by atoms with Crippen molar-refractivity contribution in [2.24, 2.45) is 11.8 Å². The molecule has 0 bridgehead atoms. The first-order chi connectivity index (χ1) is 15.1. The van der Waals surface area contributed by atoms with E-state index in [2.05, 4.69) is 21.8 Å². The molecule has 2 atom stereocenters. The van der Waals surface area contributed by atoms with Crippen LogP contribution in [0, 0.1) is 17.7 Å². The first-order valence-corrected chi connectivity index (χ1v) is 11.1. The second kappa shape index (κ2) is 8.51. The molecule has 0 aliphatic carbocycles. The van der Waals surface area contributed by atoms with E-state index in [0.29, 0.717) is 23.2 Å². The van der Waals surface area contributed by atoms with E-state index in [1.165, 1.54) is 12.1 Å². The van der Waals surface area contributed by atoms with E-state index in [-0.39, 0.29) is 17.3 Å². The van der Waals surface area contributed by atoms with Crippen LogP contribution < -0.4 is 5.56 Å². The smallest absolute Gasteiger partial charge is 0.276 e. The van der Waals surface area contributed by atoms with Gasteiger partial charge < -0.3 is 9.72 Å². The maximum Gasteiger partial charge on any atom is 0.276 e. The second-order valence-electron chi connectivity index (χ2n) is 8.96. The molecule has 1 N–H and O–H groups in total. The van der Waals surface area contributed by atoms with Gasteiger partial charge in [0.15, 0.2) is 5.52 Å². The molecular formula is C23H28FN5O2. The minimum atomic E-state index is -0.207. The van der Waals surface area contributed by atoms with Crippen LogP contribution in [0.3, 0.4) is 0 Å². The largest absolute Gasteiger partial charge is 0.381 e. The fourth-order valence-electron chi connectivity index (χ4n) is 4.92. The number of nitrogens with zero attached hydrogens (tertiary/aromatic N) is 4. The Bertz CT molecular complexity index is 1100. The lowest BCUT2D eigenvalue weighted by Gasteiger charge is -2.20. The van der Waals surface area contributed by atoms with Crippen molar-refractivity contribution in [1.29, 1.82) is 0 Å². The molecule has 0 amide bonds. The Labute approximate surface area is 180 Å². The molecule has 2 aliphatic rings. The summed E-state index contributed by atoms with van der Waals surface area (Å²) in [5.41, 5.74) is 1.48. The van der Waals surface area contributed by atoms with Gasteiger partial charge in [-0.2, -0.15) is 5.10 Å². The van der Waals surface area contributed by atoms with Crippen LogP contribution in [0.5, 0.6) is 0 Å². The van der Waals surface area contributed by atoms with Gasteiger partial charge in [-0.15, -0.1) is 0 Å². The number of ether oxygens (including phenoxy) is 1. The lowest BCUT2D eigenvalue weighted by atomic mass is 9.94. The Morgan fingerprint density at radius 1 is 1.19 bits per heavy atom. The Balaban J connectivity index is 1.32. The summed E-state index contributed by atoms with van der Waals surface area (Å²) >= 11 is 0. The summed E-state index contributed by atoms with van der Waals surface area (Å²) in [5.74, 6) is 2.53. The van der Waals surface area contributed by atoms with Gasteiger partial charge >= 0.3 is 0 Å². The molecule has 8 heteroatoms. The Morgan fingerprint density at radius 3 is 2.74 bits per heavy atom. The SMILES string of the molecule is CC1CN(Cc2ccc(F)cc2)CC1Cc1nn2c(C3CCOCC3)ncc2c(=O)[nH]1. The average Bonchev–Trinajstić information content (AvgIpc) is 3.34. The van der Waals surface area contributed by atoms with Gasteiger partial charge in [-0.1, -0.05) is 19.1 Å². The number of aromatic amines is 1. The third-order valence-corrected chi connectivity index (χ3v) is 6.68. The van der Waals surface area contributed by atoms with Crippen molar-refractivity contribution in [3.63, 3.8) is 0 Å². The summed E-state index contributed by atoms with van der Waals surface area (Å²) < 4.78 is 20.4. The van der Waals surface area contributed by atoms with E-state index in [0.717, 1.165) is 63.5 Å². The van der Waals surface area contributed by atoms with Gasteiger partial charge in [-0.25, -0.2) is 13.9 Å². The minimum Gasteiger partial charge on any atom is -0.381 e. The van der Waals surface area contributed by atoms with Gasteiger partial charge in [0.05, 0.1) is 6.20 Å². The van der Waals surface area contributed by atoms with Crippen molar-refractivity contribution in [1.82, 2.24) is 24.5 Å². The van der Waals surface area contributed by atoms with Gasteiger partial charge in [0.2, 0.25) is 0 Å². The van der Waals surface area contributed by atoms with Crippen LogP contribution in [0.1, 0.15) is 42.9 Å². The predicted octanol–water partition coefficient (Wildman–Crippen LogP) is 2.76. The summed E-state index contributed by atoms with van der Waals surface area (Å²) in [6, 6.07) is 6.71. The summed E-state index contributed by atoms with van der Waals surface area (Å²) in [4.78, 5) is 22.5. The molecule has 164 valence electrons. The first kappa shape index (κ1) is 20.3. The van der Waals surface area contributed by atoms with E-state index in [9.17, 15) is 9.18 Å². The first-order valence-electron chi connectivity index (χ1n) is 11.1. The highest BCUT2D eigenvalue weighted by atomic mass is 19.1. The standard InChI is InChI=1S/C23H28FN5O2/c1-15-12-28(13-16-2-4-19(24)5-3-16)14-18(15)10-21-26-23(30)20-11-25-22(29(20)27-21)17-6-8-31-9-7-17/h2-5,11,15,17-18H,6-10,12-14H2,1H3,(H,26,27,30). The summed E-state index contributed by atoms with van der Waals surface area (Å²) in [7, 11) is 0. The van der Waals surface area contributed by atoms with Crippen LogP contribution in [0.4, 0.5) is 4.39 Å². The zero-order valence-corrected chi connectivity index (χ0v) is 17.8. The molecular weight excluding hydrogens is 397 g/mol. The number of aromatic nitrogens is 4. The van der Waals surface area contributed by atoms with Crippen molar-refractivity contribution in [3.8, 4) is 0 Å². The van der Waals surface area contributed by atoms with Gasteiger partial charge in [0, 0.05) is 45.2 Å². The summed E-state index contributed by atoms with van der Waals surface area (Å²) in [6.45, 7) is 6.40. The molecule has 2 fully saturated rings. The van der Waals surface area contributed by atoms with E-state index >= 15 is 0 Å². The summed E-state index contributed by atoms with van der Waals surface area (Å²) in [5, 5.41) is 4.79. The predicted molar refractivity (Wildman–Crippen MR) is 114 cm³/mol. The molecule has 0 saturated carbocycles. The maximum atomic E-state index is 13.2. The fraction of sp³-hybridized carbons (Fsp3) is 0.522. The highest BCUT2D eigenvalue weighted by Gasteiger charge is 2.31. The topological polar surface area (TPSA) is 75.5 Å². The number of halogens is 1. The number of hydrogen-bond donors (Lipinski definition) is 1. The number of rotatable bonds is 5. The van der Waals surface area contributed by atoms with Gasteiger partial charge in [-0.05, 0) is 42.4 Å². The Kier molecular flexibility index (Phi) is 5.58. The molecule has 4 heterocycles. The lowest BCUT2D eigenvalue weighted by Crippen LogP contribution is -2.24. The highest BCUT2D eigenvalue weighted by Crippen LogP contribution is 2.28. The van der Waals surface area contributed by atoms with Crippen LogP contribution in [0.25, 0.3) is 5.52 Å². The van der Waals surface area contributed by atoms with Gasteiger partial charge in [-0.3, -0.25) is 9.69 Å². The third-order valence-electron chi connectivity index (χ3n) is 6.68. The fourth-order valence-corrected chi connectivity index (χ4v) is 4.92. The van der Waals surface area contributed by atoms with E-state index in [1.54, 1.807) is 10.7 Å². The lowest BCUT2D eigenvalue weighted by molar-refractivity contribution is 0.0832. The second-order valence-corrected chi connectivity index (χ2v) is 8.96. The number of hydrogen-bond acceptors (Lipinski definition) is 5. The van der Waals surface area contributed by atoms with Crippen molar-refractivity contribution in [2.75, 3.05) is 26.3 Å². The number of H-pyrrole nitrogens is 1. The van der Waals surface area contributed by atoms with Crippen molar-refractivity contribution in [2.45, 2.75) is 38.6 Å². The van der Waals surface area contributed by atoms with Crippen molar-refractivity contribution >= 4 is 5.52 Å². The minimum absolute atomic E-state index is 0.135. The van der Waals surface area contributed by atoms with E-state index in [4.69, 9.17) is 9.84 Å². The van der Waals surface area contributed by atoms with Crippen LogP contribution in [0.15, 0.2) is 35.3 Å². The molecule has 2 saturated heterocycles. The summed E-state index contributed by atoms with van der Waals surface area (Å²) in [6.07, 6.45) is 4.16. The van der Waals surface area contributed by atoms with Crippen molar-refractivity contribution in [3.05, 3.63) is 63.8 Å². The number of nitrogens with one attached hydrogen (secondary N) is 1. The van der Waals surface area contributed by atoms with Crippen LogP contribution in [-0.4, -0.2) is 50.8 Å². The number of benzene rings is 1. The number of fused-ring (bicyclic) bond motifs is 1. The van der Waals surface area contributed by atoms with Crippen LogP contribution >= 0.6 is 0 Å². The quantitative estimate of drug-likeness (QED) is 0.680. The van der Waals surface area contributed by atoms with Crippen LogP contribution in [-0.2, 0) is 17.7 Å². The number of likely N-dealkylation sites (tertiary alicyclic amines) is 1. The van der Waals surface area contributed by atoms with Crippen molar-refractivity contribution < 1.29 is 9.13 Å². The molecule has 2 aromatic heterocycles. The monoisotopic (exact) mass is 425 g/mol. The normalized spacial score (nSPS) is 23.0. The molecule has 1 aromatic carbocycles. The highest BCUT2D eigenvalue weighted by molar-refractivity contribution is 5.42. The zero-order chi connectivity index (χ0) is 21.4. The zero-order valence-electron chi connectivity index (χ0n) is 17.8. The molecule has 0 radical (unpaired) electrons. The van der Waals surface area contributed by atoms with E-state index < -0.39 is 0 Å². The van der Waals surface area contributed by atoms with Gasteiger partial charge in [0.1, 0.15) is 17.5 Å². The average molecular weight is 426 g/mol.